The van der Waals surface area contributed by atoms with Crippen LogP contribution in [0.2, 0.25) is 0 Å². The Labute approximate surface area is 138 Å². The van der Waals surface area contributed by atoms with Gasteiger partial charge in [0.1, 0.15) is 11.4 Å². The molecule has 5 heteroatoms. The zero-order valence-corrected chi connectivity index (χ0v) is 14.8. The summed E-state index contributed by atoms with van der Waals surface area (Å²) in [4.78, 5) is 24.7. The predicted molar refractivity (Wildman–Crippen MR) is 89.9 cm³/mol. The molecule has 0 fully saturated rings. The normalized spacial score (nSPS) is 12.7. The summed E-state index contributed by atoms with van der Waals surface area (Å²) >= 11 is 0. The first-order valence-corrected chi connectivity index (χ1v) is 7.80. The molecule has 0 heterocycles. The molecular formula is C18H27NO4. The molecule has 0 bridgehead atoms. The van der Waals surface area contributed by atoms with E-state index in [2.05, 4.69) is 5.32 Å². The maximum Gasteiger partial charge on any atom is 0.408 e. The summed E-state index contributed by atoms with van der Waals surface area (Å²) in [6.07, 6.45) is -0.0330. The molecule has 128 valence electrons. The van der Waals surface area contributed by atoms with Crippen LogP contribution in [0.5, 0.6) is 5.75 Å². The van der Waals surface area contributed by atoms with Crippen LogP contribution in [0, 0.1) is 5.92 Å². The van der Waals surface area contributed by atoms with Gasteiger partial charge < -0.3 is 14.8 Å². The molecule has 0 saturated carbocycles. The fourth-order valence-electron chi connectivity index (χ4n) is 2.11. The third kappa shape index (κ3) is 6.72. The first-order valence-electron chi connectivity index (χ1n) is 7.80. The average Bonchev–Trinajstić information content (AvgIpc) is 2.43. The molecule has 0 spiro atoms. The van der Waals surface area contributed by atoms with Gasteiger partial charge in [0, 0.05) is 5.56 Å². The van der Waals surface area contributed by atoms with Crippen molar-refractivity contribution in [2.45, 2.75) is 52.7 Å². The summed E-state index contributed by atoms with van der Waals surface area (Å²) in [5.41, 5.74) is -0.0668. The molecule has 0 radical (unpaired) electrons. The van der Waals surface area contributed by atoms with Crippen LogP contribution in [-0.2, 0) is 4.74 Å². The SMILES string of the molecule is COc1ccc(C(=O)[C@@H](CC(C)C)NC(=O)OC(C)(C)C)cc1. The second-order valence-corrected chi connectivity index (χ2v) is 6.92. The largest absolute Gasteiger partial charge is 0.497 e. The van der Waals surface area contributed by atoms with Gasteiger partial charge in [0.05, 0.1) is 13.2 Å². The minimum Gasteiger partial charge on any atom is -0.497 e. The van der Waals surface area contributed by atoms with Gasteiger partial charge in [-0.3, -0.25) is 4.79 Å². The zero-order valence-electron chi connectivity index (χ0n) is 14.8. The molecule has 0 unspecified atom stereocenters. The van der Waals surface area contributed by atoms with Crippen LogP contribution in [0.4, 0.5) is 4.79 Å². The standard InChI is InChI=1S/C18H27NO4/c1-12(2)11-15(19-17(21)23-18(3,4)5)16(20)13-7-9-14(22-6)10-8-13/h7-10,12,15H,11H2,1-6H3,(H,19,21)/t15-/m1/s1. The van der Waals surface area contributed by atoms with Gasteiger partial charge in [-0.05, 0) is 57.4 Å². The molecule has 23 heavy (non-hydrogen) atoms. The lowest BCUT2D eigenvalue weighted by atomic mass is 9.96. The Bertz CT molecular complexity index is 529. The van der Waals surface area contributed by atoms with Gasteiger partial charge in [-0.15, -0.1) is 0 Å². The molecule has 5 nitrogen and oxygen atoms in total. The van der Waals surface area contributed by atoms with Crippen LogP contribution in [-0.4, -0.2) is 30.6 Å². The number of amides is 1. The summed E-state index contributed by atoms with van der Waals surface area (Å²) in [5, 5.41) is 2.69. The van der Waals surface area contributed by atoms with Crippen LogP contribution in [0.1, 0.15) is 51.4 Å². The van der Waals surface area contributed by atoms with E-state index in [9.17, 15) is 9.59 Å². The lowest BCUT2D eigenvalue weighted by Gasteiger charge is -2.24. The van der Waals surface area contributed by atoms with Crippen LogP contribution >= 0.6 is 0 Å². The second-order valence-electron chi connectivity index (χ2n) is 6.92. The molecule has 1 N–H and O–H groups in total. The fourth-order valence-corrected chi connectivity index (χ4v) is 2.11. The van der Waals surface area contributed by atoms with Crippen molar-refractivity contribution in [3.63, 3.8) is 0 Å². The van der Waals surface area contributed by atoms with Gasteiger partial charge in [-0.2, -0.15) is 0 Å². The number of carbonyl (C=O) groups excluding carboxylic acids is 2. The Morgan fingerprint density at radius 3 is 2.13 bits per heavy atom. The Hall–Kier alpha value is -2.04. The average molecular weight is 321 g/mol. The summed E-state index contributed by atoms with van der Waals surface area (Å²) in [6.45, 7) is 9.37. The van der Waals surface area contributed by atoms with Crippen LogP contribution in [0.15, 0.2) is 24.3 Å². The number of ketones is 1. The number of Topliss-reactive ketones (excluding diaryl/α,β-unsaturated/α-hetero) is 1. The number of nitrogens with one attached hydrogen (secondary N) is 1. The molecule has 0 aromatic heterocycles. The Kier molecular flexibility index (Phi) is 6.61. The second kappa shape index (κ2) is 7.99. The molecule has 1 rings (SSSR count). The summed E-state index contributed by atoms with van der Waals surface area (Å²) in [5.74, 6) is 0.811. The highest BCUT2D eigenvalue weighted by atomic mass is 16.6. The van der Waals surface area contributed by atoms with Gasteiger partial charge in [-0.1, -0.05) is 13.8 Å². The van der Waals surface area contributed by atoms with Crippen LogP contribution < -0.4 is 10.1 Å². The van der Waals surface area contributed by atoms with E-state index in [1.54, 1.807) is 52.1 Å². The Morgan fingerprint density at radius 2 is 1.70 bits per heavy atom. The van der Waals surface area contributed by atoms with Gasteiger partial charge in [0.2, 0.25) is 0 Å². The Balaban J connectivity index is 2.87. The van der Waals surface area contributed by atoms with Crippen molar-refractivity contribution in [2.24, 2.45) is 5.92 Å². The molecule has 1 atom stereocenters. The van der Waals surface area contributed by atoms with Crippen molar-refractivity contribution in [1.29, 1.82) is 0 Å². The van der Waals surface area contributed by atoms with E-state index in [4.69, 9.17) is 9.47 Å². The molecule has 1 amide bonds. The van der Waals surface area contributed by atoms with Crippen molar-refractivity contribution >= 4 is 11.9 Å². The highest BCUT2D eigenvalue weighted by Gasteiger charge is 2.26. The van der Waals surface area contributed by atoms with Gasteiger partial charge in [0.15, 0.2) is 5.78 Å². The lowest BCUT2D eigenvalue weighted by Crippen LogP contribution is -2.44. The summed E-state index contributed by atoms with van der Waals surface area (Å²) < 4.78 is 10.3. The highest BCUT2D eigenvalue weighted by molar-refractivity contribution is 6.01. The first kappa shape index (κ1) is 19.0. The van der Waals surface area contributed by atoms with Crippen molar-refractivity contribution in [3.05, 3.63) is 29.8 Å². The smallest absolute Gasteiger partial charge is 0.408 e. The van der Waals surface area contributed by atoms with E-state index in [0.29, 0.717) is 17.7 Å². The summed E-state index contributed by atoms with van der Waals surface area (Å²) in [7, 11) is 1.57. The quantitative estimate of drug-likeness (QED) is 0.809. The number of alkyl carbamates (subject to hydrolysis) is 1. The van der Waals surface area contributed by atoms with Gasteiger partial charge in [-0.25, -0.2) is 4.79 Å². The van der Waals surface area contributed by atoms with E-state index in [1.807, 2.05) is 13.8 Å². The number of methoxy groups -OCH3 is 1. The number of carbonyl (C=O) groups is 2. The third-order valence-corrected chi connectivity index (χ3v) is 3.09. The number of hydrogen-bond acceptors (Lipinski definition) is 4. The van der Waals surface area contributed by atoms with Crippen molar-refractivity contribution in [1.82, 2.24) is 5.32 Å². The maximum atomic E-state index is 12.7. The van der Waals surface area contributed by atoms with Crippen LogP contribution in [0.25, 0.3) is 0 Å². The molecular weight excluding hydrogens is 294 g/mol. The third-order valence-electron chi connectivity index (χ3n) is 3.09. The molecule has 0 saturated heterocycles. The number of ether oxygens (including phenoxy) is 2. The van der Waals surface area contributed by atoms with E-state index in [1.165, 1.54) is 0 Å². The zero-order chi connectivity index (χ0) is 17.6. The number of rotatable bonds is 6. The molecule has 1 aromatic rings. The van der Waals surface area contributed by atoms with Gasteiger partial charge in [0.25, 0.3) is 0 Å². The fraction of sp³-hybridized carbons (Fsp3) is 0.556. The number of benzene rings is 1. The predicted octanol–water partition coefficient (Wildman–Crippen LogP) is 3.82. The maximum absolute atomic E-state index is 12.7. The van der Waals surface area contributed by atoms with Crippen molar-refractivity contribution < 1.29 is 19.1 Å². The monoisotopic (exact) mass is 321 g/mol. The first-order chi connectivity index (χ1) is 10.6. The molecule has 0 aliphatic heterocycles. The topological polar surface area (TPSA) is 64.6 Å². The lowest BCUT2D eigenvalue weighted by molar-refractivity contribution is 0.0485. The summed E-state index contributed by atoms with van der Waals surface area (Å²) in [6, 6.07) is 6.25. The molecule has 1 aromatic carbocycles. The minimum absolute atomic E-state index is 0.132. The van der Waals surface area contributed by atoms with E-state index in [-0.39, 0.29) is 11.7 Å². The van der Waals surface area contributed by atoms with E-state index < -0.39 is 17.7 Å². The molecule has 0 aliphatic carbocycles. The molecule has 0 aliphatic rings. The van der Waals surface area contributed by atoms with Crippen molar-refractivity contribution in [2.75, 3.05) is 7.11 Å². The van der Waals surface area contributed by atoms with Crippen LogP contribution in [0.3, 0.4) is 0 Å². The van der Waals surface area contributed by atoms with Crippen molar-refractivity contribution in [3.8, 4) is 5.75 Å². The van der Waals surface area contributed by atoms with E-state index in [0.717, 1.165) is 0 Å². The number of hydrogen-bond donors (Lipinski definition) is 1. The van der Waals surface area contributed by atoms with Gasteiger partial charge >= 0.3 is 6.09 Å². The van der Waals surface area contributed by atoms with E-state index >= 15 is 0 Å². The highest BCUT2D eigenvalue weighted by Crippen LogP contribution is 2.16. The Morgan fingerprint density at radius 1 is 1.13 bits per heavy atom. The minimum atomic E-state index is -0.613.